The van der Waals surface area contributed by atoms with Gasteiger partial charge in [-0.25, -0.2) is 0 Å². The fourth-order valence-corrected chi connectivity index (χ4v) is 12.7. The Bertz CT molecular complexity index is 761. The minimum absolute atomic E-state index is 0.506. The summed E-state index contributed by atoms with van der Waals surface area (Å²) >= 11 is 0. The van der Waals surface area contributed by atoms with Gasteiger partial charge in [0.25, 0.3) is 0 Å². The third-order valence-electron chi connectivity index (χ3n) is 12.3. The predicted octanol–water partition coefficient (Wildman–Crippen LogP) is 10.4. The summed E-state index contributed by atoms with van der Waals surface area (Å²) in [5.41, 5.74) is 2.99. The average Bonchev–Trinajstić information content (AvgIpc) is 3.21. The summed E-state index contributed by atoms with van der Waals surface area (Å²) in [5.74, 6) is 7.87. The molecule has 0 amide bonds. The van der Waals surface area contributed by atoms with E-state index in [9.17, 15) is 0 Å². The zero-order valence-corrected chi connectivity index (χ0v) is 27.5. The molecule has 1 nitrogen and oxygen atoms in total. The van der Waals surface area contributed by atoms with E-state index in [0.717, 1.165) is 46.7 Å². The first-order chi connectivity index (χ1) is 17.6. The second kappa shape index (κ2) is 12.9. The van der Waals surface area contributed by atoms with Crippen LogP contribution in [0.5, 0.6) is 0 Å². The highest BCUT2D eigenvalue weighted by atomic mass is 33.1. The van der Waals surface area contributed by atoms with Gasteiger partial charge in [0.2, 0.25) is 0 Å². The smallest absolute Gasteiger partial charge is 0.0189 e. The molecule has 37 heavy (non-hydrogen) atoms. The molecule has 3 heteroatoms. The number of rotatable bonds is 12. The van der Waals surface area contributed by atoms with E-state index in [4.69, 9.17) is 0 Å². The van der Waals surface area contributed by atoms with Crippen molar-refractivity contribution in [2.24, 2.45) is 52.3 Å². The quantitative estimate of drug-likeness (QED) is 0.136. The van der Waals surface area contributed by atoms with Crippen molar-refractivity contribution in [1.82, 2.24) is 4.90 Å². The van der Waals surface area contributed by atoms with Crippen LogP contribution in [0.2, 0.25) is 0 Å². The van der Waals surface area contributed by atoms with Crippen LogP contribution in [-0.2, 0) is 0 Å². The molecule has 4 aliphatic carbocycles. The first-order valence-corrected chi connectivity index (χ1v) is 18.6. The summed E-state index contributed by atoms with van der Waals surface area (Å²) in [7, 11) is 8.75. The summed E-state index contributed by atoms with van der Waals surface area (Å²) < 4.78 is 0. The van der Waals surface area contributed by atoms with Crippen molar-refractivity contribution in [3.8, 4) is 0 Å². The van der Waals surface area contributed by atoms with Gasteiger partial charge in [-0.2, -0.15) is 0 Å². The lowest BCUT2D eigenvalue weighted by Crippen LogP contribution is -2.50. The second-order valence-electron chi connectivity index (χ2n) is 14.9. The fourth-order valence-electron chi connectivity index (χ4n) is 9.96. The SMILES string of the molecule is CC[C@H](CC[C@@H](C)[C@H]1CCC2[C@@H]3CC=C4CC(SSCCCN(C)C)CC[C@]4(C)[C@H]3CC[C@@]21C)C(C)C. The number of fused-ring (bicyclic) bond motifs is 5. The van der Waals surface area contributed by atoms with Gasteiger partial charge in [-0.1, -0.05) is 87.6 Å². The molecular weight excluding hydrogens is 487 g/mol. The van der Waals surface area contributed by atoms with Gasteiger partial charge in [0.05, 0.1) is 0 Å². The summed E-state index contributed by atoms with van der Waals surface area (Å²) in [6.07, 6.45) is 20.1. The van der Waals surface area contributed by atoms with Crippen molar-refractivity contribution in [3.63, 3.8) is 0 Å². The molecule has 0 N–H and O–H groups in total. The lowest BCUT2D eigenvalue weighted by Gasteiger charge is -2.58. The van der Waals surface area contributed by atoms with Crippen molar-refractivity contribution in [3.05, 3.63) is 11.6 Å². The van der Waals surface area contributed by atoms with Gasteiger partial charge >= 0.3 is 0 Å². The molecule has 0 aromatic heterocycles. The summed E-state index contributed by atoms with van der Waals surface area (Å²) in [5, 5.41) is 0.851. The molecule has 3 saturated carbocycles. The average molecular weight is 548 g/mol. The predicted molar refractivity (Wildman–Crippen MR) is 169 cm³/mol. The topological polar surface area (TPSA) is 3.24 Å². The van der Waals surface area contributed by atoms with Crippen LogP contribution < -0.4 is 0 Å². The van der Waals surface area contributed by atoms with E-state index >= 15 is 0 Å². The van der Waals surface area contributed by atoms with Crippen LogP contribution in [-0.4, -0.2) is 36.5 Å². The highest BCUT2D eigenvalue weighted by molar-refractivity contribution is 8.76. The lowest BCUT2D eigenvalue weighted by atomic mass is 9.47. The van der Waals surface area contributed by atoms with Crippen molar-refractivity contribution in [1.29, 1.82) is 0 Å². The van der Waals surface area contributed by atoms with Gasteiger partial charge < -0.3 is 4.90 Å². The number of allylic oxidation sites excluding steroid dienone is 2. The normalized spacial score (nSPS) is 39.2. The molecular formula is C34H61NS2. The summed E-state index contributed by atoms with van der Waals surface area (Å²) in [6, 6.07) is 0. The largest absolute Gasteiger partial charge is 0.309 e. The first kappa shape index (κ1) is 30.4. The zero-order valence-electron chi connectivity index (χ0n) is 25.9. The van der Waals surface area contributed by atoms with E-state index in [1.54, 1.807) is 0 Å². The molecule has 4 rings (SSSR count). The van der Waals surface area contributed by atoms with Crippen LogP contribution in [0.3, 0.4) is 0 Å². The molecule has 9 atom stereocenters. The molecule has 0 radical (unpaired) electrons. The maximum atomic E-state index is 2.79. The monoisotopic (exact) mass is 547 g/mol. The molecule has 214 valence electrons. The standard InChI is InChI=1S/C34H61NS2/c1-9-26(24(2)3)12-11-25(4)30-15-16-31-29-14-13-27-23-28(37-36-22-10-21-35(7)8)17-19-33(27,5)32(29)18-20-34(30,31)6/h13,24-26,28-32H,9-12,14-23H2,1-8H3/t25-,26-,28?,29+,30-,31?,32+,33+,34-/m1/s1. The van der Waals surface area contributed by atoms with E-state index in [1.807, 2.05) is 5.57 Å². The summed E-state index contributed by atoms with van der Waals surface area (Å²) in [4.78, 5) is 2.32. The summed E-state index contributed by atoms with van der Waals surface area (Å²) in [6.45, 7) is 16.6. The van der Waals surface area contributed by atoms with E-state index < -0.39 is 0 Å². The van der Waals surface area contributed by atoms with E-state index in [1.165, 1.54) is 89.3 Å². The van der Waals surface area contributed by atoms with Crippen LogP contribution in [0.15, 0.2) is 11.6 Å². The van der Waals surface area contributed by atoms with E-state index in [0.29, 0.717) is 10.8 Å². The van der Waals surface area contributed by atoms with Crippen LogP contribution in [0.4, 0.5) is 0 Å². The van der Waals surface area contributed by atoms with Crippen molar-refractivity contribution < 1.29 is 0 Å². The highest BCUT2D eigenvalue weighted by Crippen LogP contribution is 2.67. The molecule has 0 bridgehead atoms. The number of hydrogen-bond acceptors (Lipinski definition) is 3. The first-order valence-electron chi connectivity index (χ1n) is 16.2. The third-order valence-corrected chi connectivity index (χ3v) is 15.3. The van der Waals surface area contributed by atoms with Gasteiger partial charge in [-0.3, -0.25) is 0 Å². The van der Waals surface area contributed by atoms with Crippen LogP contribution in [0.25, 0.3) is 0 Å². The molecule has 2 unspecified atom stereocenters. The van der Waals surface area contributed by atoms with Gasteiger partial charge in [0, 0.05) is 11.0 Å². The van der Waals surface area contributed by atoms with E-state index in [-0.39, 0.29) is 0 Å². The second-order valence-corrected chi connectivity index (χ2v) is 17.7. The molecule has 0 aromatic rings. The van der Waals surface area contributed by atoms with Crippen LogP contribution >= 0.6 is 21.6 Å². The number of nitrogens with zero attached hydrogens (tertiary/aromatic N) is 1. The Morgan fingerprint density at radius 1 is 1.00 bits per heavy atom. The maximum Gasteiger partial charge on any atom is 0.0189 e. The van der Waals surface area contributed by atoms with Gasteiger partial charge in [-0.15, -0.1) is 0 Å². The molecule has 0 aromatic carbocycles. The van der Waals surface area contributed by atoms with Gasteiger partial charge in [0.15, 0.2) is 0 Å². The molecule has 4 aliphatic rings. The molecule has 0 heterocycles. The molecule has 3 fully saturated rings. The Hall–Kier alpha value is 0.400. The van der Waals surface area contributed by atoms with Gasteiger partial charge in [0.1, 0.15) is 0 Å². The molecule has 0 spiro atoms. The lowest BCUT2D eigenvalue weighted by molar-refractivity contribution is -0.0500. The van der Waals surface area contributed by atoms with E-state index in [2.05, 4.69) is 88.2 Å². The third kappa shape index (κ3) is 6.50. The van der Waals surface area contributed by atoms with Gasteiger partial charge in [-0.05, 0) is 137 Å². The van der Waals surface area contributed by atoms with Crippen molar-refractivity contribution in [2.75, 3.05) is 26.4 Å². The Kier molecular flexibility index (Phi) is 10.6. The number of hydrogen-bond donors (Lipinski definition) is 0. The van der Waals surface area contributed by atoms with Crippen molar-refractivity contribution >= 4 is 21.6 Å². The van der Waals surface area contributed by atoms with Crippen LogP contribution in [0.1, 0.15) is 119 Å². The van der Waals surface area contributed by atoms with Crippen LogP contribution in [0, 0.1) is 52.3 Å². The molecule has 0 aliphatic heterocycles. The Balaban J connectivity index is 1.35. The maximum absolute atomic E-state index is 2.79. The Morgan fingerprint density at radius 3 is 2.49 bits per heavy atom. The zero-order chi connectivity index (χ0) is 26.8. The minimum Gasteiger partial charge on any atom is -0.309 e. The fraction of sp³-hybridized carbons (Fsp3) is 0.941. The van der Waals surface area contributed by atoms with Crippen molar-refractivity contribution in [2.45, 2.75) is 124 Å². The Morgan fingerprint density at radius 2 is 1.78 bits per heavy atom. The Labute approximate surface area is 239 Å². The highest BCUT2D eigenvalue weighted by Gasteiger charge is 2.59. The molecule has 0 saturated heterocycles. The minimum atomic E-state index is 0.506.